The van der Waals surface area contributed by atoms with Crippen LogP contribution in [0.15, 0.2) is 30.3 Å². The molecule has 2 rings (SSSR count). The van der Waals surface area contributed by atoms with Gasteiger partial charge in [-0.15, -0.1) is 0 Å². The van der Waals surface area contributed by atoms with E-state index in [9.17, 15) is 0 Å². The average Bonchev–Trinajstić information content (AvgIpc) is 2.41. The highest BCUT2D eigenvalue weighted by Crippen LogP contribution is 2.26. The fraction of sp³-hybridized carbons (Fsp3) is 0.600. The van der Waals surface area contributed by atoms with E-state index >= 15 is 0 Å². The molecule has 1 heterocycles. The number of thioether (sulfide) groups is 1. The van der Waals surface area contributed by atoms with Gasteiger partial charge in [0.1, 0.15) is 0 Å². The summed E-state index contributed by atoms with van der Waals surface area (Å²) in [5.41, 5.74) is 7.41. The first-order chi connectivity index (χ1) is 8.72. The quantitative estimate of drug-likeness (QED) is 0.905. The van der Waals surface area contributed by atoms with Gasteiger partial charge < -0.3 is 5.73 Å². The highest BCUT2D eigenvalue weighted by molar-refractivity contribution is 8.00. The zero-order valence-corrected chi connectivity index (χ0v) is 12.2. The maximum atomic E-state index is 6.01. The van der Waals surface area contributed by atoms with E-state index in [-0.39, 0.29) is 0 Å². The number of hydrogen-bond acceptors (Lipinski definition) is 3. The van der Waals surface area contributed by atoms with Crippen molar-refractivity contribution in [3.8, 4) is 0 Å². The Morgan fingerprint density at radius 2 is 2.06 bits per heavy atom. The van der Waals surface area contributed by atoms with Crippen molar-refractivity contribution in [1.82, 2.24) is 4.90 Å². The maximum absolute atomic E-state index is 6.01. The Morgan fingerprint density at radius 3 is 2.72 bits per heavy atom. The first-order valence-electron chi connectivity index (χ1n) is 6.83. The summed E-state index contributed by atoms with van der Waals surface area (Å²) in [5, 5.41) is 0.712. The highest BCUT2D eigenvalue weighted by atomic mass is 32.2. The summed E-state index contributed by atoms with van der Waals surface area (Å²) in [4.78, 5) is 2.61. The van der Waals surface area contributed by atoms with Crippen molar-refractivity contribution in [3.63, 3.8) is 0 Å². The summed E-state index contributed by atoms with van der Waals surface area (Å²) >= 11 is 2.08. The van der Waals surface area contributed by atoms with Crippen molar-refractivity contribution in [3.05, 3.63) is 35.9 Å². The summed E-state index contributed by atoms with van der Waals surface area (Å²) in [5.74, 6) is 1.23. The molecule has 3 heteroatoms. The second-order valence-electron chi connectivity index (χ2n) is 5.13. The SMILES string of the molecule is CC1SCCN(C(CN)Cc2ccccc2)C1C. The molecule has 1 fully saturated rings. The standard InChI is InChI=1S/C15H24N2S/c1-12-13(2)18-9-8-17(12)15(11-16)10-14-6-4-3-5-7-14/h3-7,12-13,15H,8-11,16H2,1-2H3. The molecule has 1 saturated heterocycles. The van der Waals surface area contributed by atoms with Crippen LogP contribution in [0.4, 0.5) is 0 Å². The van der Waals surface area contributed by atoms with Gasteiger partial charge in [0.25, 0.3) is 0 Å². The third-order valence-corrected chi connectivity index (χ3v) is 5.33. The van der Waals surface area contributed by atoms with Gasteiger partial charge in [0.2, 0.25) is 0 Å². The summed E-state index contributed by atoms with van der Waals surface area (Å²) in [6.07, 6.45) is 1.07. The fourth-order valence-electron chi connectivity index (χ4n) is 2.69. The molecule has 0 amide bonds. The Kier molecular flexibility index (Phi) is 5.10. The van der Waals surface area contributed by atoms with Crippen LogP contribution in [0.1, 0.15) is 19.4 Å². The average molecular weight is 264 g/mol. The summed E-state index contributed by atoms with van der Waals surface area (Å²) < 4.78 is 0. The van der Waals surface area contributed by atoms with Crippen LogP contribution in [0.3, 0.4) is 0 Å². The largest absolute Gasteiger partial charge is 0.329 e. The minimum Gasteiger partial charge on any atom is -0.329 e. The molecule has 1 aliphatic rings. The zero-order chi connectivity index (χ0) is 13.0. The van der Waals surface area contributed by atoms with Crippen LogP contribution in [0, 0.1) is 0 Å². The predicted molar refractivity (Wildman–Crippen MR) is 81.1 cm³/mol. The van der Waals surface area contributed by atoms with Crippen LogP contribution in [0.25, 0.3) is 0 Å². The third-order valence-electron chi connectivity index (χ3n) is 3.99. The van der Waals surface area contributed by atoms with Gasteiger partial charge in [-0.2, -0.15) is 11.8 Å². The van der Waals surface area contributed by atoms with Crippen LogP contribution >= 0.6 is 11.8 Å². The van der Waals surface area contributed by atoms with E-state index < -0.39 is 0 Å². The molecule has 3 unspecified atom stereocenters. The Morgan fingerprint density at radius 1 is 1.33 bits per heavy atom. The lowest BCUT2D eigenvalue weighted by Crippen LogP contribution is -2.53. The smallest absolute Gasteiger partial charge is 0.0262 e. The topological polar surface area (TPSA) is 29.3 Å². The fourth-order valence-corrected chi connectivity index (χ4v) is 3.82. The van der Waals surface area contributed by atoms with Crippen LogP contribution in [0.2, 0.25) is 0 Å². The summed E-state index contributed by atoms with van der Waals surface area (Å²) in [7, 11) is 0. The first-order valence-corrected chi connectivity index (χ1v) is 7.88. The van der Waals surface area contributed by atoms with Gasteiger partial charge in [0.05, 0.1) is 0 Å². The van der Waals surface area contributed by atoms with Crippen molar-refractivity contribution >= 4 is 11.8 Å². The first kappa shape index (κ1) is 13.9. The molecule has 1 aromatic carbocycles. The Labute approximate surface area is 115 Å². The van der Waals surface area contributed by atoms with Gasteiger partial charge in [0.15, 0.2) is 0 Å². The van der Waals surface area contributed by atoms with E-state index in [2.05, 4.69) is 60.8 Å². The number of nitrogens with zero attached hydrogens (tertiary/aromatic N) is 1. The molecule has 0 spiro atoms. The normalized spacial score (nSPS) is 27.1. The van der Waals surface area contributed by atoms with E-state index in [4.69, 9.17) is 5.73 Å². The predicted octanol–water partition coefficient (Wildman–Crippen LogP) is 2.38. The van der Waals surface area contributed by atoms with Gasteiger partial charge in [0, 0.05) is 36.2 Å². The molecule has 0 aromatic heterocycles. The van der Waals surface area contributed by atoms with Gasteiger partial charge in [-0.1, -0.05) is 37.3 Å². The molecule has 0 saturated carbocycles. The van der Waals surface area contributed by atoms with Crippen molar-refractivity contribution < 1.29 is 0 Å². The second kappa shape index (κ2) is 6.60. The molecule has 1 aliphatic heterocycles. The van der Waals surface area contributed by atoms with Crippen molar-refractivity contribution in [2.75, 3.05) is 18.8 Å². The lowest BCUT2D eigenvalue weighted by Gasteiger charge is -2.42. The van der Waals surface area contributed by atoms with E-state index in [1.807, 2.05) is 0 Å². The van der Waals surface area contributed by atoms with Crippen LogP contribution in [-0.2, 0) is 6.42 Å². The van der Waals surface area contributed by atoms with Gasteiger partial charge in [-0.3, -0.25) is 4.90 Å². The molecule has 100 valence electrons. The molecule has 0 radical (unpaired) electrons. The number of nitrogens with two attached hydrogens (primary N) is 1. The van der Waals surface area contributed by atoms with Gasteiger partial charge >= 0.3 is 0 Å². The maximum Gasteiger partial charge on any atom is 0.0262 e. The van der Waals surface area contributed by atoms with Crippen molar-refractivity contribution in [2.45, 2.75) is 37.6 Å². The molecule has 2 N–H and O–H groups in total. The monoisotopic (exact) mass is 264 g/mol. The van der Waals surface area contributed by atoms with E-state index in [1.165, 1.54) is 17.9 Å². The van der Waals surface area contributed by atoms with Crippen LogP contribution in [0.5, 0.6) is 0 Å². The van der Waals surface area contributed by atoms with Crippen LogP contribution in [-0.4, -0.2) is 41.1 Å². The number of rotatable bonds is 4. The number of benzene rings is 1. The Hall–Kier alpha value is -0.510. The molecule has 18 heavy (non-hydrogen) atoms. The molecule has 0 bridgehead atoms. The van der Waals surface area contributed by atoms with Gasteiger partial charge in [-0.05, 0) is 18.9 Å². The van der Waals surface area contributed by atoms with E-state index in [0.29, 0.717) is 17.3 Å². The Bertz CT molecular complexity index is 355. The third kappa shape index (κ3) is 3.28. The molecular weight excluding hydrogens is 240 g/mol. The minimum absolute atomic E-state index is 0.478. The molecule has 3 atom stereocenters. The lowest BCUT2D eigenvalue weighted by molar-refractivity contribution is 0.149. The highest BCUT2D eigenvalue weighted by Gasteiger charge is 2.29. The number of hydrogen-bond donors (Lipinski definition) is 1. The zero-order valence-electron chi connectivity index (χ0n) is 11.4. The molecule has 1 aromatic rings. The minimum atomic E-state index is 0.478. The van der Waals surface area contributed by atoms with Crippen LogP contribution < -0.4 is 5.73 Å². The molecular formula is C15H24N2S. The van der Waals surface area contributed by atoms with Crippen molar-refractivity contribution in [2.24, 2.45) is 5.73 Å². The second-order valence-corrected chi connectivity index (χ2v) is 6.62. The Balaban J connectivity index is 2.04. The van der Waals surface area contributed by atoms with Gasteiger partial charge in [-0.25, -0.2) is 0 Å². The van der Waals surface area contributed by atoms with Crippen molar-refractivity contribution in [1.29, 1.82) is 0 Å². The summed E-state index contributed by atoms with van der Waals surface area (Å²) in [6, 6.07) is 11.8. The molecule has 0 aliphatic carbocycles. The molecule has 2 nitrogen and oxygen atoms in total. The lowest BCUT2D eigenvalue weighted by atomic mass is 10.0. The summed E-state index contributed by atoms with van der Waals surface area (Å²) in [6.45, 7) is 6.59. The van der Waals surface area contributed by atoms with E-state index in [0.717, 1.165) is 13.0 Å². The van der Waals surface area contributed by atoms with E-state index in [1.54, 1.807) is 0 Å².